The van der Waals surface area contributed by atoms with Crippen LogP contribution in [0.15, 0.2) is 24.3 Å². The molecular formula is C13H19FN2O. The Morgan fingerprint density at radius 2 is 1.88 bits per heavy atom. The Morgan fingerprint density at radius 1 is 1.24 bits per heavy atom. The van der Waals surface area contributed by atoms with E-state index in [1.807, 2.05) is 12.1 Å². The fraction of sp³-hybridized carbons (Fsp3) is 0.538. The molecule has 2 rings (SSSR count). The van der Waals surface area contributed by atoms with Crippen LogP contribution in [0.4, 0.5) is 4.39 Å². The second-order valence-corrected chi connectivity index (χ2v) is 4.29. The Balaban J connectivity index is 2.12. The van der Waals surface area contributed by atoms with Crippen molar-refractivity contribution in [2.75, 3.05) is 32.8 Å². The average Bonchev–Trinajstić information content (AvgIpc) is 2.38. The zero-order valence-electron chi connectivity index (χ0n) is 9.94. The van der Waals surface area contributed by atoms with Gasteiger partial charge in [0, 0.05) is 19.1 Å². The van der Waals surface area contributed by atoms with E-state index in [4.69, 9.17) is 10.5 Å². The smallest absolute Gasteiger partial charge is 0.123 e. The Hall–Kier alpha value is -0.970. The van der Waals surface area contributed by atoms with Crippen LogP contribution in [-0.2, 0) is 4.74 Å². The molecule has 1 fully saturated rings. The molecule has 3 nitrogen and oxygen atoms in total. The maximum absolute atomic E-state index is 12.9. The van der Waals surface area contributed by atoms with Gasteiger partial charge in [0.1, 0.15) is 5.82 Å². The van der Waals surface area contributed by atoms with Crippen LogP contribution < -0.4 is 5.73 Å². The minimum atomic E-state index is -0.192. The second kappa shape index (κ2) is 6.10. The zero-order valence-corrected chi connectivity index (χ0v) is 9.94. The third-order valence-corrected chi connectivity index (χ3v) is 3.18. The van der Waals surface area contributed by atoms with E-state index in [0.717, 1.165) is 38.3 Å². The lowest BCUT2D eigenvalue weighted by Crippen LogP contribution is -2.39. The highest BCUT2D eigenvalue weighted by Gasteiger charge is 2.21. The predicted octanol–water partition coefficient (Wildman–Crippen LogP) is 1.55. The number of benzene rings is 1. The van der Waals surface area contributed by atoms with Gasteiger partial charge in [-0.15, -0.1) is 0 Å². The van der Waals surface area contributed by atoms with Crippen LogP contribution in [0.3, 0.4) is 0 Å². The van der Waals surface area contributed by atoms with E-state index in [1.54, 1.807) is 0 Å². The van der Waals surface area contributed by atoms with Crippen molar-refractivity contribution in [3.8, 4) is 0 Å². The van der Waals surface area contributed by atoms with Gasteiger partial charge in [-0.25, -0.2) is 4.39 Å². The Morgan fingerprint density at radius 3 is 2.47 bits per heavy atom. The van der Waals surface area contributed by atoms with Gasteiger partial charge in [0.05, 0.1) is 13.2 Å². The molecule has 0 amide bonds. The Bertz CT molecular complexity index is 336. The van der Waals surface area contributed by atoms with Gasteiger partial charge in [0.2, 0.25) is 0 Å². The number of ether oxygens (including phenoxy) is 1. The summed E-state index contributed by atoms with van der Waals surface area (Å²) in [5.41, 5.74) is 6.81. The molecule has 4 heteroatoms. The largest absolute Gasteiger partial charge is 0.379 e. The van der Waals surface area contributed by atoms with Gasteiger partial charge in [-0.05, 0) is 30.7 Å². The fourth-order valence-electron chi connectivity index (χ4n) is 2.29. The molecule has 0 spiro atoms. The molecule has 0 radical (unpaired) electrons. The summed E-state index contributed by atoms with van der Waals surface area (Å²) in [5, 5.41) is 0. The first kappa shape index (κ1) is 12.5. The van der Waals surface area contributed by atoms with Gasteiger partial charge >= 0.3 is 0 Å². The molecule has 1 aromatic rings. The normalized spacial score (nSPS) is 19.2. The number of halogens is 1. The van der Waals surface area contributed by atoms with Crippen molar-refractivity contribution in [1.82, 2.24) is 4.90 Å². The monoisotopic (exact) mass is 238 g/mol. The van der Waals surface area contributed by atoms with E-state index < -0.39 is 0 Å². The van der Waals surface area contributed by atoms with Crippen molar-refractivity contribution in [2.45, 2.75) is 12.5 Å². The fourth-order valence-corrected chi connectivity index (χ4v) is 2.29. The van der Waals surface area contributed by atoms with Gasteiger partial charge < -0.3 is 10.5 Å². The van der Waals surface area contributed by atoms with Gasteiger partial charge in [0.15, 0.2) is 0 Å². The SMILES string of the molecule is NCCC(c1ccc(F)cc1)N1CCOCC1. The van der Waals surface area contributed by atoms with Crippen molar-refractivity contribution in [3.05, 3.63) is 35.6 Å². The number of rotatable bonds is 4. The van der Waals surface area contributed by atoms with E-state index in [2.05, 4.69) is 4.90 Å². The molecule has 1 aliphatic rings. The zero-order chi connectivity index (χ0) is 12.1. The molecule has 1 aliphatic heterocycles. The maximum Gasteiger partial charge on any atom is 0.123 e. The summed E-state index contributed by atoms with van der Waals surface area (Å²) in [6.07, 6.45) is 0.894. The van der Waals surface area contributed by atoms with E-state index in [9.17, 15) is 4.39 Å². The third-order valence-electron chi connectivity index (χ3n) is 3.18. The highest BCUT2D eigenvalue weighted by atomic mass is 19.1. The van der Waals surface area contributed by atoms with Gasteiger partial charge in [-0.1, -0.05) is 12.1 Å². The molecule has 1 aromatic carbocycles. The summed E-state index contributed by atoms with van der Waals surface area (Å²) in [6, 6.07) is 7.01. The quantitative estimate of drug-likeness (QED) is 0.865. The summed E-state index contributed by atoms with van der Waals surface area (Å²) in [5.74, 6) is -0.192. The van der Waals surface area contributed by atoms with Crippen LogP contribution in [0.5, 0.6) is 0 Å². The summed E-state index contributed by atoms with van der Waals surface area (Å²) in [7, 11) is 0. The number of nitrogens with two attached hydrogens (primary N) is 1. The standard InChI is InChI=1S/C13H19FN2O/c14-12-3-1-11(2-4-12)13(5-6-15)16-7-9-17-10-8-16/h1-4,13H,5-10,15H2. The first-order chi connectivity index (χ1) is 8.31. The molecular weight excluding hydrogens is 219 g/mol. The topological polar surface area (TPSA) is 38.5 Å². The molecule has 17 heavy (non-hydrogen) atoms. The van der Waals surface area contributed by atoms with E-state index >= 15 is 0 Å². The number of hydrogen-bond donors (Lipinski definition) is 1. The molecule has 0 bridgehead atoms. The Labute approximate surface area is 101 Å². The molecule has 94 valence electrons. The molecule has 0 aliphatic carbocycles. The summed E-state index contributed by atoms with van der Waals surface area (Å²) < 4.78 is 18.3. The highest BCUT2D eigenvalue weighted by molar-refractivity contribution is 5.20. The Kier molecular flexibility index (Phi) is 4.48. The van der Waals surface area contributed by atoms with Gasteiger partial charge in [-0.3, -0.25) is 4.90 Å². The highest BCUT2D eigenvalue weighted by Crippen LogP contribution is 2.24. The predicted molar refractivity (Wildman–Crippen MR) is 65.2 cm³/mol. The van der Waals surface area contributed by atoms with Crippen molar-refractivity contribution in [2.24, 2.45) is 5.73 Å². The van der Waals surface area contributed by atoms with Crippen molar-refractivity contribution in [3.63, 3.8) is 0 Å². The molecule has 1 saturated heterocycles. The van der Waals surface area contributed by atoms with Crippen LogP contribution in [-0.4, -0.2) is 37.7 Å². The van der Waals surface area contributed by atoms with Crippen LogP contribution >= 0.6 is 0 Å². The molecule has 0 saturated carbocycles. The van der Waals surface area contributed by atoms with E-state index in [1.165, 1.54) is 12.1 Å². The summed E-state index contributed by atoms with van der Waals surface area (Å²) >= 11 is 0. The number of morpholine rings is 1. The number of hydrogen-bond acceptors (Lipinski definition) is 3. The first-order valence-electron chi connectivity index (χ1n) is 6.08. The van der Waals surface area contributed by atoms with Crippen molar-refractivity contribution in [1.29, 1.82) is 0 Å². The van der Waals surface area contributed by atoms with Crippen LogP contribution in [0.1, 0.15) is 18.0 Å². The van der Waals surface area contributed by atoms with Crippen molar-refractivity contribution < 1.29 is 9.13 Å². The molecule has 1 unspecified atom stereocenters. The summed E-state index contributed by atoms with van der Waals surface area (Å²) in [4.78, 5) is 2.36. The minimum Gasteiger partial charge on any atom is -0.379 e. The van der Waals surface area contributed by atoms with E-state index in [0.29, 0.717) is 6.54 Å². The lowest BCUT2D eigenvalue weighted by atomic mass is 10.0. The molecule has 1 heterocycles. The maximum atomic E-state index is 12.9. The van der Waals surface area contributed by atoms with Crippen LogP contribution in [0, 0.1) is 5.82 Å². The first-order valence-corrected chi connectivity index (χ1v) is 6.08. The van der Waals surface area contributed by atoms with E-state index in [-0.39, 0.29) is 11.9 Å². The van der Waals surface area contributed by atoms with Gasteiger partial charge in [0.25, 0.3) is 0 Å². The summed E-state index contributed by atoms with van der Waals surface area (Å²) in [6.45, 7) is 4.01. The molecule has 1 atom stereocenters. The molecule has 2 N–H and O–H groups in total. The minimum absolute atomic E-state index is 0.192. The number of nitrogens with zero attached hydrogens (tertiary/aromatic N) is 1. The molecule has 0 aromatic heterocycles. The lowest BCUT2D eigenvalue weighted by molar-refractivity contribution is 0.0147. The lowest BCUT2D eigenvalue weighted by Gasteiger charge is -2.34. The second-order valence-electron chi connectivity index (χ2n) is 4.29. The van der Waals surface area contributed by atoms with Crippen LogP contribution in [0.2, 0.25) is 0 Å². The van der Waals surface area contributed by atoms with Gasteiger partial charge in [-0.2, -0.15) is 0 Å². The van der Waals surface area contributed by atoms with Crippen molar-refractivity contribution >= 4 is 0 Å². The average molecular weight is 238 g/mol. The third kappa shape index (κ3) is 3.25. The van der Waals surface area contributed by atoms with Crippen LogP contribution in [0.25, 0.3) is 0 Å².